The molecule has 3 aliphatic rings. The molecule has 7 rings (SSSR count). The number of benzene rings is 1. The van der Waals surface area contributed by atoms with Crippen LogP contribution in [0.25, 0.3) is 26.7 Å². The molecule has 0 spiro atoms. The van der Waals surface area contributed by atoms with E-state index in [9.17, 15) is 19.2 Å². The van der Waals surface area contributed by atoms with Gasteiger partial charge in [0.15, 0.2) is 4.96 Å². The minimum absolute atomic E-state index is 0.0444. The van der Waals surface area contributed by atoms with Crippen LogP contribution in [-0.2, 0) is 19.1 Å². The Bertz CT molecular complexity index is 2070. The number of amides is 4. The number of aromatic nitrogens is 4. The summed E-state index contributed by atoms with van der Waals surface area (Å²) >= 11 is 1.59. The summed E-state index contributed by atoms with van der Waals surface area (Å²) in [6.07, 6.45) is 7.97. The summed E-state index contributed by atoms with van der Waals surface area (Å²) in [7, 11) is 2.59. The number of nitrogens with zero attached hydrogens (tertiary/aromatic N) is 6. The number of rotatable bonds is 11. The highest BCUT2D eigenvalue weighted by atomic mass is 32.1. The number of H-pyrrole nitrogens is 1. The van der Waals surface area contributed by atoms with Crippen molar-refractivity contribution >= 4 is 46.1 Å². The predicted octanol–water partition coefficient (Wildman–Crippen LogP) is 4.59. The lowest BCUT2D eigenvalue weighted by molar-refractivity contribution is -0.136. The molecule has 0 saturated carbocycles. The second-order valence-corrected chi connectivity index (χ2v) is 16.3. The Morgan fingerprint density at radius 3 is 2.12 bits per heavy atom. The number of thiazole rings is 1. The van der Waals surface area contributed by atoms with Gasteiger partial charge >= 0.3 is 12.2 Å². The third-order valence-electron chi connectivity index (χ3n) is 10.9. The first kappa shape index (κ1) is 38.8. The summed E-state index contributed by atoms with van der Waals surface area (Å²) in [5.74, 6) is 1.00. The van der Waals surface area contributed by atoms with E-state index in [-0.39, 0.29) is 41.8 Å². The number of imidazole rings is 2. The van der Waals surface area contributed by atoms with Crippen LogP contribution >= 0.6 is 11.3 Å². The maximum Gasteiger partial charge on any atom is 0.407 e. The highest BCUT2D eigenvalue weighted by molar-refractivity contribution is 7.20. The van der Waals surface area contributed by atoms with Gasteiger partial charge in [0.1, 0.15) is 29.4 Å². The van der Waals surface area contributed by atoms with Crippen molar-refractivity contribution in [2.45, 2.75) is 83.6 Å². The van der Waals surface area contributed by atoms with Crippen molar-refractivity contribution in [1.82, 2.24) is 45.1 Å². The Kier molecular flexibility index (Phi) is 11.3. The zero-order chi connectivity index (χ0) is 39.7. The molecular formula is C39H50N10O6S. The molecule has 4 amide bonds. The number of carbonyl (C=O) groups excluding carboxylic acids is 4. The standard InChI is InChI=1S/C39H50N10O6S/c1-21(2)31(45-38(52)54-5)35(50)48-15-7-9-28(48)26-18-40-33(43-26)27-19-47-20-30(56-37(47)44-27)24-13-11-23(12-14-24)25-17-41-34(42-25)29-10-8-16-49(29)36(51)32(22(3)4)46-39(53)55-6/h11-14,17,19-22,26,28-29,31-32H,7-10,15-16,18H2,1-6H3,(H,40,43)(H,41,42)(H,45,52)(H,46,53)/t26-,28?,29?,31-,32-/m0/s1. The second-order valence-electron chi connectivity index (χ2n) is 15.3. The fraction of sp³-hybridized carbons (Fsp3) is 0.513. The number of fused-ring (bicyclic) bond motifs is 1. The fourth-order valence-electron chi connectivity index (χ4n) is 7.89. The van der Waals surface area contributed by atoms with Gasteiger partial charge in [0.25, 0.3) is 0 Å². The van der Waals surface area contributed by atoms with Gasteiger partial charge in [0.05, 0.1) is 55.7 Å². The van der Waals surface area contributed by atoms with Crippen molar-refractivity contribution in [3.05, 3.63) is 54.4 Å². The molecule has 4 N–H and O–H groups in total. The average molecular weight is 787 g/mol. The summed E-state index contributed by atoms with van der Waals surface area (Å²) < 4.78 is 11.5. The van der Waals surface area contributed by atoms with Crippen LogP contribution in [0, 0.1) is 11.8 Å². The van der Waals surface area contributed by atoms with Crippen LogP contribution in [0.2, 0.25) is 0 Å². The van der Waals surface area contributed by atoms with Gasteiger partial charge in [0, 0.05) is 25.5 Å². The quantitative estimate of drug-likeness (QED) is 0.169. The molecule has 0 aliphatic carbocycles. The Morgan fingerprint density at radius 1 is 0.857 bits per heavy atom. The van der Waals surface area contributed by atoms with Crippen molar-refractivity contribution in [1.29, 1.82) is 0 Å². The second kappa shape index (κ2) is 16.3. The fourth-order valence-corrected chi connectivity index (χ4v) is 8.87. The van der Waals surface area contributed by atoms with E-state index in [4.69, 9.17) is 19.5 Å². The van der Waals surface area contributed by atoms with Gasteiger partial charge in [-0.2, -0.15) is 0 Å². The Morgan fingerprint density at radius 2 is 1.48 bits per heavy atom. The molecule has 2 saturated heterocycles. The maximum absolute atomic E-state index is 13.6. The summed E-state index contributed by atoms with van der Waals surface area (Å²) in [6.45, 7) is 9.39. The number of amidine groups is 1. The average Bonchev–Trinajstić information content (AvgIpc) is 4.04. The SMILES string of the molecule is COC(=O)N[C@H](C(=O)N1CCCC1c1ncc(-c2ccc(-c3cn4cc(C5=NC[C@@H](C6CCCN6C(=O)[C@@H](NC(=O)OC)C(C)C)N5)nc4s3)cc2)[nH]1)C(C)C. The molecule has 0 bridgehead atoms. The molecule has 2 unspecified atom stereocenters. The minimum Gasteiger partial charge on any atom is -0.453 e. The van der Waals surface area contributed by atoms with Crippen LogP contribution in [0.15, 0.2) is 47.8 Å². The number of likely N-dealkylation sites (tertiary alicyclic amines) is 2. The molecule has 5 atom stereocenters. The summed E-state index contributed by atoms with van der Waals surface area (Å²) in [4.78, 5) is 74.4. The third-order valence-corrected chi connectivity index (χ3v) is 12.0. The van der Waals surface area contributed by atoms with E-state index in [1.54, 1.807) is 22.4 Å². The van der Waals surface area contributed by atoms with E-state index in [0.717, 1.165) is 63.9 Å². The largest absolute Gasteiger partial charge is 0.453 e. The van der Waals surface area contributed by atoms with Crippen LogP contribution in [0.3, 0.4) is 0 Å². The van der Waals surface area contributed by atoms with E-state index < -0.39 is 24.3 Å². The van der Waals surface area contributed by atoms with Crippen molar-refractivity contribution in [2.24, 2.45) is 16.8 Å². The molecule has 3 aliphatic heterocycles. The molecule has 16 nitrogen and oxygen atoms in total. The van der Waals surface area contributed by atoms with Crippen molar-refractivity contribution in [2.75, 3.05) is 33.9 Å². The molecule has 2 fully saturated rings. The third kappa shape index (κ3) is 7.81. The van der Waals surface area contributed by atoms with Crippen molar-refractivity contribution in [3.63, 3.8) is 0 Å². The lowest BCUT2D eigenvalue weighted by Gasteiger charge is -2.33. The number of nitrogens with one attached hydrogen (secondary N) is 4. The summed E-state index contributed by atoms with van der Waals surface area (Å²) in [6, 6.07) is 6.60. The van der Waals surface area contributed by atoms with Crippen LogP contribution < -0.4 is 16.0 Å². The van der Waals surface area contributed by atoms with Gasteiger partial charge in [-0.25, -0.2) is 19.6 Å². The zero-order valence-electron chi connectivity index (χ0n) is 32.6. The van der Waals surface area contributed by atoms with Gasteiger partial charge in [-0.05, 0) is 48.6 Å². The highest BCUT2D eigenvalue weighted by Crippen LogP contribution is 2.34. The number of ether oxygens (including phenoxy) is 2. The van der Waals surface area contributed by atoms with Crippen molar-refractivity contribution in [3.8, 4) is 21.7 Å². The smallest absolute Gasteiger partial charge is 0.407 e. The molecular weight excluding hydrogens is 737 g/mol. The van der Waals surface area contributed by atoms with E-state index in [2.05, 4.69) is 56.4 Å². The number of methoxy groups -OCH3 is 2. The number of hydrogen-bond acceptors (Lipinski definition) is 11. The van der Waals surface area contributed by atoms with Gasteiger partial charge < -0.3 is 40.2 Å². The number of hydrogen-bond donors (Lipinski definition) is 4. The first-order chi connectivity index (χ1) is 26.9. The predicted molar refractivity (Wildman–Crippen MR) is 211 cm³/mol. The Hall–Kier alpha value is -5.45. The van der Waals surface area contributed by atoms with Crippen LogP contribution in [0.4, 0.5) is 9.59 Å². The minimum atomic E-state index is -0.688. The van der Waals surface area contributed by atoms with E-state index in [1.165, 1.54) is 14.2 Å². The lowest BCUT2D eigenvalue weighted by Crippen LogP contribution is -2.56. The van der Waals surface area contributed by atoms with Crippen molar-refractivity contribution < 1.29 is 28.7 Å². The Balaban J connectivity index is 0.984. The first-order valence-electron chi connectivity index (χ1n) is 19.2. The highest BCUT2D eigenvalue weighted by Gasteiger charge is 2.41. The first-order valence-corrected chi connectivity index (χ1v) is 20.0. The van der Waals surface area contributed by atoms with Gasteiger partial charge in [-0.1, -0.05) is 63.3 Å². The molecule has 0 radical (unpaired) electrons. The molecule has 17 heteroatoms. The van der Waals surface area contributed by atoms with Gasteiger partial charge in [0.2, 0.25) is 11.8 Å². The van der Waals surface area contributed by atoms with Crippen LogP contribution in [0.1, 0.15) is 70.9 Å². The van der Waals surface area contributed by atoms with E-state index >= 15 is 0 Å². The van der Waals surface area contributed by atoms with Gasteiger partial charge in [-0.15, -0.1) is 0 Å². The van der Waals surface area contributed by atoms with Crippen LogP contribution in [-0.4, -0.2) is 117 Å². The monoisotopic (exact) mass is 786 g/mol. The molecule has 1 aromatic carbocycles. The lowest BCUT2D eigenvalue weighted by atomic mass is 10.0. The number of aliphatic imine (C=N–C) groups is 1. The summed E-state index contributed by atoms with van der Waals surface area (Å²) in [5.41, 5.74) is 3.64. The molecule has 4 aromatic rings. The molecule has 3 aromatic heterocycles. The molecule has 56 heavy (non-hydrogen) atoms. The number of aromatic amines is 1. The summed E-state index contributed by atoms with van der Waals surface area (Å²) in [5, 5.41) is 8.95. The Labute approximate surface area is 329 Å². The number of carbonyl (C=O) groups is 4. The maximum atomic E-state index is 13.6. The van der Waals surface area contributed by atoms with Gasteiger partial charge in [-0.3, -0.25) is 19.0 Å². The molecule has 298 valence electrons. The topological polar surface area (TPSA) is 188 Å². The van der Waals surface area contributed by atoms with Crippen LogP contribution in [0.5, 0.6) is 0 Å². The normalized spacial score (nSPS) is 20.6. The zero-order valence-corrected chi connectivity index (χ0v) is 33.4. The number of alkyl carbamates (subject to hydrolysis) is 2. The van der Waals surface area contributed by atoms with E-state index in [1.807, 2.05) is 43.2 Å². The molecule has 6 heterocycles. The van der Waals surface area contributed by atoms with E-state index in [0.29, 0.717) is 25.5 Å².